The van der Waals surface area contributed by atoms with Gasteiger partial charge in [0.2, 0.25) is 11.6 Å². The highest BCUT2D eigenvalue weighted by Crippen LogP contribution is 2.32. The van der Waals surface area contributed by atoms with Crippen LogP contribution in [0.3, 0.4) is 0 Å². The molecule has 0 aliphatic carbocycles. The predicted molar refractivity (Wildman–Crippen MR) is 155 cm³/mol. The Balaban J connectivity index is 1.58. The van der Waals surface area contributed by atoms with Crippen molar-refractivity contribution in [2.45, 2.75) is 13.0 Å². The minimum Gasteiger partial charge on any atom is -0.371 e. The third kappa shape index (κ3) is 4.32. The molecule has 3 N–H and O–H groups in total. The Bertz CT molecular complexity index is 1960. The first-order valence-electron chi connectivity index (χ1n) is 12.4. The smallest absolute Gasteiger partial charge is 0.263 e. The second kappa shape index (κ2) is 9.72. The van der Waals surface area contributed by atoms with Crippen molar-refractivity contribution in [3.63, 3.8) is 0 Å². The second-order valence-corrected chi connectivity index (χ2v) is 9.17. The van der Waals surface area contributed by atoms with E-state index in [0.717, 1.165) is 33.1 Å². The van der Waals surface area contributed by atoms with E-state index in [1.54, 1.807) is 4.57 Å². The Morgan fingerprint density at radius 1 is 0.923 bits per heavy atom. The zero-order valence-corrected chi connectivity index (χ0v) is 21.0. The number of hydrogen-bond donors (Lipinski definition) is 2. The summed E-state index contributed by atoms with van der Waals surface area (Å²) in [5, 5.41) is 5.68. The summed E-state index contributed by atoms with van der Waals surface area (Å²) in [7, 11) is 0. The average molecular weight is 510 g/mol. The van der Waals surface area contributed by atoms with Crippen LogP contribution >= 0.6 is 0 Å². The van der Waals surface area contributed by atoms with Crippen LogP contribution in [0, 0.1) is 6.57 Å². The molecule has 0 fully saturated rings. The first kappa shape index (κ1) is 23.8. The van der Waals surface area contributed by atoms with Gasteiger partial charge < -0.3 is 11.1 Å². The van der Waals surface area contributed by atoms with E-state index in [1.807, 2.05) is 92.0 Å². The Morgan fingerprint density at radius 3 is 2.51 bits per heavy atom. The van der Waals surface area contributed by atoms with Crippen LogP contribution in [-0.4, -0.2) is 19.5 Å². The van der Waals surface area contributed by atoms with Gasteiger partial charge in [-0.3, -0.25) is 14.3 Å². The molecule has 0 saturated carbocycles. The van der Waals surface area contributed by atoms with Gasteiger partial charge in [0.25, 0.3) is 5.56 Å². The van der Waals surface area contributed by atoms with Crippen molar-refractivity contribution >= 4 is 39.1 Å². The largest absolute Gasteiger partial charge is 0.371 e. The highest BCUT2D eigenvalue weighted by Gasteiger charge is 2.20. The minimum absolute atomic E-state index is 0.0599. The third-order valence-electron chi connectivity index (χ3n) is 6.70. The molecule has 8 heteroatoms. The molecule has 0 bridgehead atoms. The fourth-order valence-electron chi connectivity index (χ4n) is 4.86. The molecule has 1 atom stereocenters. The van der Waals surface area contributed by atoms with Gasteiger partial charge in [-0.1, -0.05) is 54.6 Å². The number of aromatic nitrogens is 4. The number of nitrogens with one attached hydrogen (secondary N) is 1. The van der Waals surface area contributed by atoms with Crippen LogP contribution in [0.5, 0.6) is 0 Å². The fraction of sp³-hybridized carbons (Fsp3) is 0.0645. The number of nitrogens with zero attached hydrogens (tertiary/aromatic N) is 5. The van der Waals surface area contributed by atoms with Gasteiger partial charge in [-0.25, -0.2) is 14.8 Å². The normalized spacial score (nSPS) is 11.8. The number of anilines is 2. The van der Waals surface area contributed by atoms with E-state index < -0.39 is 6.04 Å². The van der Waals surface area contributed by atoms with Gasteiger partial charge in [0.1, 0.15) is 5.82 Å². The Kier molecular flexibility index (Phi) is 5.94. The van der Waals surface area contributed by atoms with Crippen LogP contribution in [-0.2, 0) is 0 Å². The summed E-state index contributed by atoms with van der Waals surface area (Å²) in [6, 6.07) is 26.9. The summed E-state index contributed by atoms with van der Waals surface area (Å²) >= 11 is 0. The van der Waals surface area contributed by atoms with E-state index in [1.165, 1.54) is 6.20 Å². The van der Waals surface area contributed by atoms with Gasteiger partial charge >= 0.3 is 0 Å². The van der Waals surface area contributed by atoms with E-state index in [9.17, 15) is 4.79 Å². The molecule has 3 heterocycles. The lowest BCUT2D eigenvalue weighted by Gasteiger charge is -2.22. The molecule has 0 aliphatic heterocycles. The Labute approximate surface area is 224 Å². The van der Waals surface area contributed by atoms with E-state index in [0.29, 0.717) is 16.9 Å². The summed E-state index contributed by atoms with van der Waals surface area (Å²) in [4.78, 5) is 30.6. The van der Waals surface area contributed by atoms with Crippen LogP contribution in [0.15, 0.2) is 102 Å². The average Bonchev–Trinajstić information content (AvgIpc) is 2.97. The molecule has 39 heavy (non-hydrogen) atoms. The van der Waals surface area contributed by atoms with Crippen LogP contribution in [0.25, 0.3) is 43.3 Å². The maximum absolute atomic E-state index is 14.4. The number of nitrogens with two attached hydrogens (primary N) is 1. The van der Waals surface area contributed by atoms with Gasteiger partial charge in [0.05, 0.1) is 23.5 Å². The van der Waals surface area contributed by atoms with E-state index in [2.05, 4.69) is 31.2 Å². The second-order valence-electron chi connectivity index (χ2n) is 9.17. The molecule has 8 nitrogen and oxygen atoms in total. The van der Waals surface area contributed by atoms with Gasteiger partial charge in [-0.05, 0) is 48.2 Å². The number of fused-ring (bicyclic) bond motifs is 2. The molecule has 0 unspecified atom stereocenters. The molecule has 188 valence electrons. The van der Waals surface area contributed by atoms with Gasteiger partial charge in [-0.2, -0.15) is 0 Å². The summed E-state index contributed by atoms with van der Waals surface area (Å²) < 4.78 is 1.71. The third-order valence-corrected chi connectivity index (χ3v) is 6.70. The van der Waals surface area contributed by atoms with Crippen molar-refractivity contribution in [3.05, 3.63) is 125 Å². The number of pyridine rings is 2. The quantitative estimate of drug-likeness (QED) is 0.264. The number of benzene rings is 3. The molecular weight excluding hydrogens is 486 g/mol. The fourth-order valence-corrected chi connectivity index (χ4v) is 4.86. The lowest BCUT2D eigenvalue weighted by atomic mass is 9.98. The van der Waals surface area contributed by atoms with E-state index in [4.69, 9.17) is 12.3 Å². The van der Waals surface area contributed by atoms with Gasteiger partial charge in [0, 0.05) is 34.7 Å². The minimum atomic E-state index is -0.400. The molecule has 0 saturated heterocycles. The van der Waals surface area contributed by atoms with E-state index in [-0.39, 0.29) is 17.2 Å². The lowest BCUT2D eigenvalue weighted by molar-refractivity contribution is 0.774. The molecular formula is C31H23N7O. The van der Waals surface area contributed by atoms with Crippen LogP contribution in [0.4, 0.5) is 17.5 Å². The van der Waals surface area contributed by atoms with Gasteiger partial charge in [0.15, 0.2) is 0 Å². The van der Waals surface area contributed by atoms with Crippen molar-refractivity contribution in [2.75, 3.05) is 11.1 Å². The number of rotatable bonds is 5. The molecule has 6 aromatic rings. The predicted octanol–water partition coefficient (Wildman–Crippen LogP) is 6.30. The molecule has 0 spiro atoms. The molecule has 0 amide bonds. The molecule has 0 aliphatic rings. The molecule has 3 aromatic heterocycles. The number of hydrogen-bond acceptors (Lipinski definition) is 6. The Hall–Kier alpha value is -5.55. The summed E-state index contributed by atoms with van der Waals surface area (Å²) in [5.41, 5.74) is 9.91. The lowest BCUT2D eigenvalue weighted by Crippen LogP contribution is -2.26. The number of para-hydroxylation sites is 2. The van der Waals surface area contributed by atoms with Crippen LogP contribution in [0.2, 0.25) is 0 Å². The highest BCUT2D eigenvalue weighted by atomic mass is 16.1. The first-order valence-corrected chi connectivity index (χ1v) is 12.4. The summed E-state index contributed by atoms with van der Waals surface area (Å²) in [6.07, 6.45) is 3.20. The van der Waals surface area contributed by atoms with Crippen LogP contribution < -0.4 is 16.6 Å². The summed E-state index contributed by atoms with van der Waals surface area (Å²) in [6.45, 7) is 9.40. The van der Waals surface area contributed by atoms with Crippen molar-refractivity contribution in [2.24, 2.45) is 0 Å². The van der Waals surface area contributed by atoms with Crippen molar-refractivity contribution in [3.8, 4) is 16.8 Å². The van der Waals surface area contributed by atoms with Crippen molar-refractivity contribution in [1.82, 2.24) is 19.5 Å². The first-order chi connectivity index (χ1) is 19.0. The molecule has 0 radical (unpaired) electrons. The SMILES string of the molecule is [C-]#[N+]c1cnc(N)nc1N[C@@H](C)c1cc2cccc(-c3cnc4ccccc4c3)c2c(=O)n1-c1ccccc1. The Morgan fingerprint density at radius 2 is 1.69 bits per heavy atom. The topological polar surface area (TPSA) is 103 Å². The monoisotopic (exact) mass is 509 g/mol. The highest BCUT2D eigenvalue weighted by molar-refractivity contribution is 5.98. The maximum atomic E-state index is 14.4. The van der Waals surface area contributed by atoms with Crippen LogP contribution in [0.1, 0.15) is 18.7 Å². The standard InChI is InChI=1S/C31H23N7O/c1-19(36-29-26(33-2)18-35-31(32)37-29)27-16-21-10-8-13-24(22-15-20-9-6-7-14-25(20)34-17-22)28(21)30(39)38(27)23-11-4-3-5-12-23/h3-19H,1H3,(H3,32,35,36,37)/t19-/m0/s1. The molecule has 3 aromatic carbocycles. The number of nitrogen functional groups attached to an aromatic ring is 1. The zero-order valence-electron chi connectivity index (χ0n) is 21.0. The summed E-state index contributed by atoms with van der Waals surface area (Å²) in [5.74, 6) is 0.373. The van der Waals surface area contributed by atoms with Crippen molar-refractivity contribution < 1.29 is 0 Å². The van der Waals surface area contributed by atoms with Gasteiger partial charge in [-0.15, -0.1) is 0 Å². The maximum Gasteiger partial charge on any atom is 0.263 e. The zero-order chi connectivity index (χ0) is 26.9. The van der Waals surface area contributed by atoms with Crippen molar-refractivity contribution in [1.29, 1.82) is 0 Å². The van der Waals surface area contributed by atoms with E-state index >= 15 is 0 Å². The molecule has 6 rings (SSSR count).